The molecule has 1 rings (SSSR count). The summed E-state index contributed by atoms with van der Waals surface area (Å²) in [6.45, 7) is 9.65. The maximum Gasteiger partial charge on any atom is 0.164 e. The first kappa shape index (κ1) is 17.4. The minimum absolute atomic E-state index is 0.237. The molecule has 0 amide bonds. The third kappa shape index (κ3) is 5.76. The van der Waals surface area contributed by atoms with Crippen LogP contribution in [0, 0.1) is 5.92 Å². The van der Waals surface area contributed by atoms with E-state index in [0.717, 1.165) is 35.6 Å². The molecule has 0 aromatic heterocycles. The molecule has 2 nitrogen and oxygen atoms in total. The second-order valence-corrected chi connectivity index (χ2v) is 6.17. The molecule has 0 N–H and O–H groups in total. The van der Waals surface area contributed by atoms with Crippen molar-refractivity contribution >= 4 is 21.7 Å². The van der Waals surface area contributed by atoms with Crippen molar-refractivity contribution in [2.24, 2.45) is 5.92 Å². The Kier molecular flexibility index (Phi) is 8.08. The van der Waals surface area contributed by atoms with Gasteiger partial charge in [0.1, 0.15) is 0 Å². The Morgan fingerprint density at radius 1 is 1.15 bits per heavy atom. The third-order valence-corrected chi connectivity index (χ3v) is 4.47. The first-order valence-electron chi connectivity index (χ1n) is 7.61. The Morgan fingerprint density at radius 3 is 2.25 bits per heavy atom. The fourth-order valence-corrected chi connectivity index (χ4v) is 2.59. The van der Waals surface area contributed by atoms with Gasteiger partial charge in [-0.3, -0.25) is 4.79 Å². The molecule has 0 aliphatic heterocycles. The van der Waals surface area contributed by atoms with Crippen LogP contribution in [0.15, 0.2) is 28.7 Å². The van der Waals surface area contributed by atoms with Crippen molar-refractivity contribution in [3.05, 3.63) is 34.3 Å². The maximum atomic E-state index is 12.2. The number of benzene rings is 1. The molecule has 0 heterocycles. The molecule has 1 aromatic carbocycles. The van der Waals surface area contributed by atoms with Crippen LogP contribution in [-0.4, -0.2) is 30.3 Å². The topological polar surface area (TPSA) is 20.3 Å². The summed E-state index contributed by atoms with van der Waals surface area (Å²) in [5.74, 6) is 0.984. The predicted molar refractivity (Wildman–Crippen MR) is 89.3 cm³/mol. The number of carbonyl (C=O) groups excluding carboxylic acids is 1. The smallest absolute Gasteiger partial charge is 0.164 e. The predicted octanol–water partition coefficient (Wildman–Crippen LogP) is 4.78. The largest absolute Gasteiger partial charge is 0.303 e. The van der Waals surface area contributed by atoms with Crippen molar-refractivity contribution in [2.45, 2.75) is 40.0 Å². The quantitative estimate of drug-likeness (QED) is 0.603. The molecule has 0 aliphatic carbocycles. The number of Topliss-reactive ketones (excluding diaryl/α,β-unsaturated/α-hetero) is 1. The molecular formula is C17H26BrNO. The van der Waals surface area contributed by atoms with Crippen molar-refractivity contribution in [3.63, 3.8) is 0 Å². The standard InChI is InChI=1S/C17H26BrNO/c1-4-14(5-2)13-19(6-3)12-11-17(20)15-7-9-16(18)10-8-15/h7-10,14H,4-6,11-13H2,1-3H3. The molecule has 0 radical (unpaired) electrons. The summed E-state index contributed by atoms with van der Waals surface area (Å²) < 4.78 is 1.01. The lowest BCUT2D eigenvalue weighted by molar-refractivity contribution is 0.0960. The monoisotopic (exact) mass is 339 g/mol. The van der Waals surface area contributed by atoms with Crippen LogP contribution >= 0.6 is 15.9 Å². The molecular weight excluding hydrogens is 314 g/mol. The zero-order valence-electron chi connectivity index (χ0n) is 12.9. The van der Waals surface area contributed by atoms with Crippen molar-refractivity contribution in [2.75, 3.05) is 19.6 Å². The highest BCUT2D eigenvalue weighted by molar-refractivity contribution is 9.10. The van der Waals surface area contributed by atoms with E-state index in [1.807, 2.05) is 24.3 Å². The van der Waals surface area contributed by atoms with Crippen LogP contribution in [0.25, 0.3) is 0 Å². The van der Waals surface area contributed by atoms with Crippen molar-refractivity contribution in [1.82, 2.24) is 4.90 Å². The fraction of sp³-hybridized carbons (Fsp3) is 0.588. The van der Waals surface area contributed by atoms with Gasteiger partial charge in [-0.2, -0.15) is 0 Å². The van der Waals surface area contributed by atoms with Crippen LogP contribution in [0.1, 0.15) is 50.4 Å². The van der Waals surface area contributed by atoms with E-state index in [4.69, 9.17) is 0 Å². The maximum absolute atomic E-state index is 12.2. The second kappa shape index (κ2) is 9.30. The van der Waals surface area contributed by atoms with Gasteiger partial charge in [0.2, 0.25) is 0 Å². The highest BCUT2D eigenvalue weighted by Gasteiger charge is 2.12. The summed E-state index contributed by atoms with van der Waals surface area (Å²) in [4.78, 5) is 14.6. The van der Waals surface area contributed by atoms with Crippen LogP contribution in [0.2, 0.25) is 0 Å². The van der Waals surface area contributed by atoms with Crippen molar-refractivity contribution in [1.29, 1.82) is 0 Å². The summed E-state index contributed by atoms with van der Waals surface area (Å²) in [5, 5.41) is 0. The number of carbonyl (C=O) groups is 1. The minimum Gasteiger partial charge on any atom is -0.303 e. The van der Waals surface area contributed by atoms with Gasteiger partial charge in [0, 0.05) is 29.5 Å². The van der Waals surface area contributed by atoms with Gasteiger partial charge in [0.25, 0.3) is 0 Å². The highest BCUT2D eigenvalue weighted by atomic mass is 79.9. The molecule has 1 aromatic rings. The SMILES string of the molecule is CCC(CC)CN(CC)CCC(=O)c1ccc(Br)cc1. The van der Waals surface area contributed by atoms with Crippen LogP contribution in [0.5, 0.6) is 0 Å². The Labute approximate surface area is 131 Å². The van der Waals surface area contributed by atoms with Crippen molar-refractivity contribution in [3.8, 4) is 0 Å². The molecule has 0 saturated heterocycles. The highest BCUT2D eigenvalue weighted by Crippen LogP contribution is 2.13. The fourth-order valence-electron chi connectivity index (χ4n) is 2.33. The van der Waals surface area contributed by atoms with E-state index in [9.17, 15) is 4.79 Å². The average molecular weight is 340 g/mol. The number of hydrogen-bond acceptors (Lipinski definition) is 2. The lowest BCUT2D eigenvalue weighted by Crippen LogP contribution is -2.31. The Balaban J connectivity index is 2.47. The zero-order valence-corrected chi connectivity index (χ0v) is 14.4. The lowest BCUT2D eigenvalue weighted by Gasteiger charge is -2.24. The molecule has 0 saturated carbocycles. The van der Waals surface area contributed by atoms with E-state index in [-0.39, 0.29) is 5.78 Å². The summed E-state index contributed by atoms with van der Waals surface area (Å²) in [6, 6.07) is 7.64. The van der Waals surface area contributed by atoms with E-state index in [1.165, 1.54) is 12.8 Å². The lowest BCUT2D eigenvalue weighted by atomic mass is 10.0. The van der Waals surface area contributed by atoms with E-state index in [0.29, 0.717) is 6.42 Å². The number of rotatable bonds is 9. The summed E-state index contributed by atoms with van der Waals surface area (Å²) >= 11 is 3.39. The van der Waals surface area contributed by atoms with E-state index in [2.05, 4.69) is 41.6 Å². The third-order valence-electron chi connectivity index (χ3n) is 3.94. The first-order chi connectivity index (χ1) is 9.60. The van der Waals surface area contributed by atoms with Gasteiger partial charge in [-0.05, 0) is 24.6 Å². The van der Waals surface area contributed by atoms with Crippen molar-refractivity contribution < 1.29 is 4.79 Å². The Bertz CT molecular complexity index is 398. The number of halogens is 1. The minimum atomic E-state index is 0.237. The molecule has 0 unspecified atom stereocenters. The van der Waals surface area contributed by atoms with Gasteiger partial charge in [-0.25, -0.2) is 0 Å². The van der Waals surface area contributed by atoms with E-state index >= 15 is 0 Å². The van der Waals surface area contributed by atoms with Gasteiger partial charge in [-0.15, -0.1) is 0 Å². The van der Waals surface area contributed by atoms with Crippen LogP contribution in [0.4, 0.5) is 0 Å². The van der Waals surface area contributed by atoms with Crippen LogP contribution in [0.3, 0.4) is 0 Å². The van der Waals surface area contributed by atoms with Crippen LogP contribution < -0.4 is 0 Å². The van der Waals surface area contributed by atoms with E-state index in [1.54, 1.807) is 0 Å². The molecule has 20 heavy (non-hydrogen) atoms. The summed E-state index contributed by atoms with van der Waals surface area (Å²) in [7, 11) is 0. The van der Waals surface area contributed by atoms with Gasteiger partial charge in [0.15, 0.2) is 5.78 Å². The van der Waals surface area contributed by atoms with Gasteiger partial charge in [0.05, 0.1) is 0 Å². The normalized spacial score (nSPS) is 11.3. The van der Waals surface area contributed by atoms with Gasteiger partial charge in [-0.1, -0.05) is 61.7 Å². The zero-order chi connectivity index (χ0) is 15.0. The second-order valence-electron chi connectivity index (χ2n) is 5.26. The molecule has 3 heteroatoms. The molecule has 0 fully saturated rings. The molecule has 0 aliphatic rings. The van der Waals surface area contributed by atoms with E-state index < -0.39 is 0 Å². The summed E-state index contributed by atoms with van der Waals surface area (Å²) in [5.41, 5.74) is 0.812. The molecule has 0 bridgehead atoms. The number of ketones is 1. The Morgan fingerprint density at radius 2 is 1.75 bits per heavy atom. The Hall–Kier alpha value is -0.670. The summed E-state index contributed by atoms with van der Waals surface area (Å²) in [6.07, 6.45) is 3.04. The molecule has 0 atom stereocenters. The average Bonchev–Trinajstić information content (AvgIpc) is 2.48. The number of hydrogen-bond donors (Lipinski definition) is 0. The number of nitrogens with zero attached hydrogens (tertiary/aromatic N) is 1. The van der Waals surface area contributed by atoms with Crippen LogP contribution in [-0.2, 0) is 0 Å². The van der Waals surface area contributed by atoms with Gasteiger partial charge < -0.3 is 4.90 Å². The molecule has 112 valence electrons. The first-order valence-corrected chi connectivity index (χ1v) is 8.41. The van der Waals surface area contributed by atoms with Gasteiger partial charge >= 0.3 is 0 Å². The molecule has 0 spiro atoms.